The first-order valence-electron chi connectivity index (χ1n) is 7.66. The Labute approximate surface area is 124 Å². The molecule has 1 aliphatic rings. The van der Waals surface area contributed by atoms with E-state index in [2.05, 4.69) is 16.4 Å². The third-order valence-electron chi connectivity index (χ3n) is 3.83. The SMILES string of the molecule is COCC(CCCN)Nc1ccc2oc(C3CC3)nc2c1. The van der Waals surface area contributed by atoms with E-state index >= 15 is 0 Å². The molecule has 2 aromatic rings. The first-order valence-corrected chi connectivity index (χ1v) is 7.66. The first-order chi connectivity index (χ1) is 10.3. The Balaban J connectivity index is 1.72. The number of aromatic nitrogens is 1. The second-order valence-electron chi connectivity index (χ2n) is 5.74. The molecular weight excluding hydrogens is 266 g/mol. The zero-order valence-corrected chi connectivity index (χ0v) is 12.5. The number of anilines is 1. The van der Waals surface area contributed by atoms with Gasteiger partial charge >= 0.3 is 0 Å². The Morgan fingerprint density at radius 2 is 2.33 bits per heavy atom. The molecule has 1 saturated carbocycles. The molecule has 0 bridgehead atoms. The minimum atomic E-state index is 0.269. The van der Waals surface area contributed by atoms with Crippen LogP contribution >= 0.6 is 0 Å². The maximum Gasteiger partial charge on any atom is 0.198 e. The fraction of sp³-hybridized carbons (Fsp3) is 0.562. The molecule has 1 aromatic carbocycles. The summed E-state index contributed by atoms with van der Waals surface area (Å²) in [4.78, 5) is 4.59. The average molecular weight is 289 g/mol. The highest BCUT2D eigenvalue weighted by molar-refractivity contribution is 5.77. The van der Waals surface area contributed by atoms with E-state index in [1.165, 1.54) is 12.8 Å². The van der Waals surface area contributed by atoms with Crippen molar-refractivity contribution < 1.29 is 9.15 Å². The highest BCUT2D eigenvalue weighted by Gasteiger charge is 2.28. The standard InChI is InChI=1S/C16H23N3O2/c1-20-10-13(3-2-8-17)18-12-6-7-15-14(9-12)19-16(21-15)11-4-5-11/h6-7,9,11,13,18H,2-5,8,10,17H2,1H3. The minimum Gasteiger partial charge on any atom is -0.440 e. The molecule has 1 heterocycles. The van der Waals surface area contributed by atoms with Crippen LogP contribution in [0, 0.1) is 0 Å². The molecule has 0 spiro atoms. The second kappa shape index (κ2) is 6.45. The first kappa shape index (κ1) is 14.4. The number of benzene rings is 1. The van der Waals surface area contributed by atoms with Gasteiger partial charge in [0.15, 0.2) is 11.5 Å². The summed E-state index contributed by atoms with van der Waals surface area (Å²) in [6, 6.07) is 6.35. The van der Waals surface area contributed by atoms with Crippen LogP contribution in [0.25, 0.3) is 11.1 Å². The summed E-state index contributed by atoms with van der Waals surface area (Å²) in [6.45, 7) is 1.37. The Bertz CT molecular complexity index is 592. The molecule has 1 aliphatic carbocycles. The van der Waals surface area contributed by atoms with Crippen LogP contribution < -0.4 is 11.1 Å². The molecule has 0 radical (unpaired) electrons. The smallest absolute Gasteiger partial charge is 0.198 e. The van der Waals surface area contributed by atoms with Crippen LogP contribution in [0.3, 0.4) is 0 Å². The molecule has 1 aromatic heterocycles. The third kappa shape index (κ3) is 3.54. The van der Waals surface area contributed by atoms with Crippen LogP contribution in [0.5, 0.6) is 0 Å². The van der Waals surface area contributed by atoms with Crippen molar-refractivity contribution in [3.8, 4) is 0 Å². The molecule has 1 unspecified atom stereocenters. The summed E-state index contributed by atoms with van der Waals surface area (Å²) in [5.74, 6) is 1.43. The second-order valence-corrected chi connectivity index (χ2v) is 5.74. The van der Waals surface area contributed by atoms with Crippen molar-refractivity contribution in [2.75, 3.05) is 25.6 Å². The Morgan fingerprint density at radius 1 is 1.48 bits per heavy atom. The lowest BCUT2D eigenvalue weighted by Crippen LogP contribution is -2.25. The van der Waals surface area contributed by atoms with Crippen molar-refractivity contribution in [3.63, 3.8) is 0 Å². The van der Waals surface area contributed by atoms with E-state index < -0.39 is 0 Å². The lowest BCUT2D eigenvalue weighted by Gasteiger charge is -2.18. The number of methoxy groups -OCH3 is 1. The van der Waals surface area contributed by atoms with E-state index in [0.717, 1.165) is 35.5 Å². The normalized spacial score (nSPS) is 16.3. The van der Waals surface area contributed by atoms with Gasteiger partial charge in [-0.25, -0.2) is 4.98 Å². The Hall–Kier alpha value is -1.59. The molecule has 5 heteroatoms. The molecule has 1 fully saturated rings. The number of oxazole rings is 1. The van der Waals surface area contributed by atoms with Crippen LogP contribution in [0.1, 0.15) is 37.5 Å². The van der Waals surface area contributed by atoms with E-state index in [1.54, 1.807) is 7.11 Å². The largest absolute Gasteiger partial charge is 0.440 e. The predicted molar refractivity (Wildman–Crippen MR) is 83.6 cm³/mol. The molecule has 0 amide bonds. The fourth-order valence-corrected chi connectivity index (χ4v) is 2.54. The zero-order valence-electron chi connectivity index (χ0n) is 12.5. The van der Waals surface area contributed by atoms with Gasteiger partial charge in [0.05, 0.1) is 6.61 Å². The van der Waals surface area contributed by atoms with Gasteiger partial charge in [-0.3, -0.25) is 0 Å². The van der Waals surface area contributed by atoms with E-state index in [4.69, 9.17) is 14.9 Å². The predicted octanol–water partition coefficient (Wildman–Crippen LogP) is 2.87. The minimum absolute atomic E-state index is 0.269. The molecule has 3 rings (SSSR count). The van der Waals surface area contributed by atoms with Gasteiger partial charge in [-0.1, -0.05) is 0 Å². The number of nitrogens with one attached hydrogen (secondary N) is 1. The van der Waals surface area contributed by atoms with Gasteiger partial charge in [-0.15, -0.1) is 0 Å². The van der Waals surface area contributed by atoms with Crippen molar-refractivity contribution in [2.45, 2.75) is 37.6 Å². The molecule has 0 aliphatic heterocycles. The van der Waals surface area contributed by atoms with Crippen molar-refractivity contribution in [2.24, 2.45) is 5.73 Å². The average Bonchev–Trinajstić information content (AvgIpc) is 3.25. The molecule has 3 N–H and O–H groups in total. The van der Waals surface area contributed by atoms with Gasteiger partial charge < -0.3 is 20.2 Å². The number of hydrogen-bond acceptors (Lipinski definition) is 5. The molecule has 0 saturated heterocycles. The zero-order chi connectivity index (χ0) is 14.7. The van der Waals surface area contributed by atoms with E-state index in [1.807, 2.05) is 12.1 Å². The summed E-state index contributed by atoms with van der Waals surface area (Å²) in [5.41, 5.74) is 8.44. The van der Waals surface area contributed by atoms with Gasteiger partial charge in [-0.05, 0) is 50.4 Å². The summed E-state index contributed by atoms with van der Waals surface area (Å²) >= 11 is 0. The van der Waals surface area contributed by atoms with Crippen molar-refractivity contribution in [3.05, 3.63) is 24.1 Å². The van der Waals surface area contributed by atoms with Crippen LogP contribution in [0.4, 0.5) is 5.69 Å². The summed E-state index contributed by atoms with van der Waals surface area (Å²) in [6.07, 6.45) is 4.38. The van der Waals surface area contributed by atoms with Crippen molar-refractivity contribution in [1.82, 2.24) is 4.98 Å². The molecule has 21 heavy (non-hydrogen) atoms. The summed E-state index contributed by atoms with van der Waals surface area (Å²) in [5, 5.41) is 3.50. The summed E-state index contributed by atoms with van der Waals surface area (Å²) in [7, 11) is 1.72. The lowest BCUT2D eigenvalue weighted by molar-refractivity contribution is 0.182. The van der Waals surface area contributed by atoms with Crippen LogP contribution in [0.15, 0.2) is 22.6 Å². The number of ether oxygens (including phenoxy) is 1. The van der Waals surface area contributed by atoms with E-state index in [-0.39, 0.29) is 6.04 Å². The van der Waals surface area contributed by atoms with Gasteiger partial charge in [0.2, 0.25) is 0 Å². The molecule has 1 atom stereocenters. The van der Waals surface area contributed by atoms with Gasteiger partial charge in [-0.2, -0.15) is 0 Å². The van der Waals surface area contributed by atoms with Crippen LogP contribution in [-0.4, -0.2) is 31.3 Å². The topological polar surface area (TPSA) is 73.3 Å². The molecule has 5 nitrogen and oxygen atoms in total. The highest BCUT2D eigenvalue weighted by atomic mass is 16.5. The maximum atomic E-state index is 5.78. The highest BCUT2D eigenvalue weighted by Crippen LogP contribution is 2.40. The number of fused-ring (bicyclic) bond motifs is 1. The fourth-order valence-electron chi connectivity index (χ4n) is 2.54. The molecule has 114 valence electrons. The molecular formula is C16H23N3O2. The number of nitrogens with two attached hydrogens (primary N) is 1. The van der Waals surface area contributed by atoms with Crippen molar-refractivity contribution >= 4 is 16.8 Å². The van der Waals surface area contributed by atoms with Gasteiger partial charge in [0.1, 0.15) is 5.52 Å². The monoisotopic (exact) mass is 289 g/mol. The van der Waals surface area contributed by atoms with Crippen LogP contribution in [0.2, 0.25) is 0 Å². The Morgan fingerprint density at radius 3 is 3.05 bits per heavy atom. The summed E-state index contributed by atoms with van der Waals surface area (Å²) < 4.78 is 11.1. The number of rotatable bonds is 8. The van der Waals surface area contributed by atoms with E-state index in [9.17, 15) is 0 Å². The van der Waals surface area contributed by atoms with Gasteiger partial charge in [0, 0.05) is 24.8 Å². The lowest BCUT2D eigenvalue weighted by atomic mass is 10.1. The third-order valence-corrected chi connectivity index (χ3v) is 3.83. The number of hydrogen-bond donors (Lipinski definition) is 2. The van der Waals surface area contributed by atoms with E-state index in [0.29, 0.717) is 19.1 Å². The van der Waals surface area contributed by atoms with Crippen molar-refractivity contribution in [1.29, 1.82) is 0 Å². The maximum absolute atomic E-state index is 5.78. The Kier molecular flexibility index (Phi) is 4.41. The van der Waals surface area contributed by atoms with Crippen LogP contribution in [-0.2, 0) is 4.74 Å². The number of nitrogens with zero attached hydrogens (tertiary/aromatic N) is 1. The van der Waals surface area contributed by atoms with Gasteiger partial charge in [0.25, 0.3) is 0 Å². The quantitative estimate of drug-likeness (QED) is 0.781.